The van der Waals surface area contributed by atoms with E-state index >= 15 is 0 Å². The Morgan fingerprint density at radius 3 is 1.65 bits per heavy atom. The van der Waals surface area contributed by atoms with Gasteiger partial charge in [-0.3, -0.25) is 0 Å². The molecule has 0 aromatic heterocycles. The number of rotatable bonds is 6. The van der Waals surface area contributed by atoms with Crippen molar-refractivity contribution in [2.75, 3.05) is 4.90 Å². The van der Waals surface area contributed by atoms with Crippen molar-refractivity contribution in [3.8, 4) is 22.6 Å². The molecule has 0 spiro atoms. The van der Waals surface area contributed by atoms with Crippen LogP contribution in [0.25, 0.3) is 11.1 Å². The Balaban J connectivity index is 1.22. The van der Waals surface area contributed by atoms with Crippen LogP contribution < -0.4 is 36.4 Å². The predicted octanol–water partition coefficient (Wildman–Crippen LogP) is 9.95. The summed E-state index contributed by atoms with van der Waals surface area (Å²) in [5, 5.41) is 2.96. The van der Waals surface area contributed by atoms with Gasteiger partial charge in [-0.15, -0.1) is 0 Å². The first kappa shape index (κ1) is 33.4. The summed E-state index contributed by atoms with van der Waals surface area (Å²) in [5.74, 6) is 3.18. The Morgan fingerprint density at radius 1 is 0.529 bits per heavy atom. The summed E-state index contributed by atoms with van der Waals surface area (Å²) in [4.78, 5) is 2.45. The molecule has 0 atom stereocenters. The molecule has 0 fully saturated rings. The van der Waals surface area contributed by atoms with Crippen molar-refractivity contribution in [1.82, 2.24) is 0 Å². The van der Waals surface area contributed by atoms with Crippen molar-refractivity contribution in [2.45, 2.75) is 72.4 Å². The fraction of sp³-hybridized carbons (Fsp3) is 0.234. The lowest BCUT2D eigenvalue weighted by atomic mass is 9.34. The number of benzene rings is 6. The lowest BCUT2D eigenvalue weighted by molar-refractivity contribution is 0.487. The molecule has 0 bridgehead atoms. The largest absolute Gasteiger partial charge is 0.458 e. The molecule has 0 amide bonds. The molecule has 0 unspecified atom stereocenters. The summed E-state index contributed by atoms with van der Waals surface area (Å²) in [6.45, 7) is 19.0. The summed E-state index contributed by atoms with van der Waals surface area (Å²) in [6.07, 6.45) is 0. The van der Waals surface area contributed by atoms with Crippen LogP contribution in [0, 0.1) is 0 Å². The molecule has 51 heavy (non-hydrogen) atoms. The minimum absolute atomic E-state index is 0.101. The second kappa shape index (κ2) is 12.8. The number of anilines is 3. The second-order valence-corrected chi connectivity index (χ2v) is 20.3. The molecule has 0 N–H and O–H groups in total. The van der Waals surface area contributed by atoms with E-state index in [-0.39, 0.29) is 6.71 Å². The van der Waals surface area contributed by atoms with Gasteiger partial charge >= 0.3 is 0 Å². The van der Waals surface area contributed by atoms with Crippen LogP contribution in [0.3, 0.4) is 0 Å². The van der Waals surface area contributed by atoms with Gasteiger partial charge in [0.2, 0.25) is 0 Å². The number of nitrogens with zero attached hydrogens (tertiary/aromatic N) is 1. The fourth-order valence-corrected chi connectivity index (χ4v) is 11.5. The SMILES string of the molecule is CC(C)c1cc(C(C)C)c(B2c3ccccc3Oc3cc(-c4ccc(N5c6ccccc6[Si](C)(C)c6ccccc65)cc4)ccc32)c(C(C)C)c1. The van der Waals surface area contributed by atoms with Gasteiger partial charge in [-0.25, -0.2) is 0 Å². The summed E-state index contributed by atoms with van der Waals surface area (Å²) in [7, 11) is -1.82. The molecule has 2 aliphatic rings. The number of para-hydroxylation sites is 3. The predicted molar refractivity (Wildman–Crippen MR) is 223 cm³/mol. The minimum atomic E-state index is -1.82. The Hall–Kier alpha value is -4.80. The van der Waals surface area contributed by atoms with Crippen LogP contribution >= 0.6 is 0 Å². The Morgan fingerprint density at radius 2 is 1.06 bits per heavy atom. The van der Waals surface area contributed by atoms with Gasteiger partial charge in [0, 0.05) is 17.1 Å². The van der Waals surface area contributed by atoms with Crippen LogP contribution in [0.1, 0.15) is 76.0 Å². The quantitative estimate of drug-likeness (QED) is 0.162. The van der Waals surface area contributed by atoms with Gasteiger partial charge in [0.1, 0.15) is 19.6 Å². The van der Waals surface area contributed by atoms with Crippen molar-refractivity contribution in [2.24, 2.45) is 0 Å². The lowest BCUT2D eigenvalue weighted by Gasteiger charge is -2.41. The Bertz CT molecular complexity index is 2190. The van der Waals surface area contributed by atoms with Gasteiger partial charge in [0.15, 0.2) is 0 Å². The van der Waals surface area contributed by atoms with Crippen molar-refractivity contribution < 1.29 is 4.74 Å². The molecule has 4 heteroatoms. The monoisotopic (exact) mass is 681 g/mol. The van der Waals surface area contributed by atoms with Gasteiger partial charge in [-0.1, -0.05) is 151 Å². The van der Waals surface area contributed by atoms with Gasteiger partial charge in [-0.05, 0) is 103 Å². The van der Waals surface area contributed by atoms with Gasteiger partial charge in [-0.2, -0.15) is 0 Å². The van der Waals surface area contributed by atoms with E-state index in [0.717, 1.165) is 17.1 Å². The Labute approximate surface area is 306 Å². The van der Waals surface area contributed by atoms with Crippen molar-refractivity contribution in [1.29, 1.82) is 0 Å². The highest BCUT2D eigenvalue weighted by atomic mass is 28.3. The number of hydrogen-bond acceptors (Lipinski definition) is 2. The molecule has 0 saturated carbocycles. The summed E-state index contributed by atoms with van der Waals surface area (Å²) >= 11 is 0. The number of hydrogen-bond donors (Lipinski definition) is 0. The van der Waals surface area contributed by atoms with Gasteiger partial charge in [0.25, 0.3) is 6.71 Å². The van der Waals surface area contributed by atoms with E-state index in [4.69, 9.17) is 4.74 Å². The van der Waals surface area contributed by atoms with Crippen LogP contribution in [0.2, 0.25) is 13.1 Å². The molecular weight excluding hydrogens is 633 g/mol. The van der Waals surface area contributed by atoms with Gasteiger partial charge < -0.3 is 9.64 Å². The van der Waals surface area contributed by atoms with Crippen LogP contribution in [0.15, 0.2) is 127 Å². The molecule has 6 aromatic rings. The zero-order valence-electron chi connectivity index (χ0n) is 31.3. The van der Waals surface area contributed by atoms with E-state index in [2.05, 4.69) is 187 Å². The lowest BCUT2D eigenvalue weighted by Crippen LogP contribution is -2.58. The Kier molecular flexibility index (Phi) is 8.34. The highest BCUT2D eigenvalue weighted by molar-refractivity contribution is 7.02. The van der Waals surface area contributed by atoms with Crippen molar-refractivity contribution in [3.63, 3.8) is 0 Å². The molecule has 254 valence electrons. The molecule has 0 aliphatic carbocycles. The van der Waals surface area contributed by atoms with E-state index in [1.54, 1.807) is 0 Å². The molecule has 2 aliphatic heterocycles. The molecular formula is C47H48BNOSi. The summed E-state index contributed by atoms with van der Waals surface area (Å²) in [6, 6.07) is 47.6. The van der Waals surface area contributed by atoms with E-state index in [1.807, 2.05) is 0 Å². The van der Waals surface area contributed by atoms with Crippen LogP contribution in [-0.4, -0.2) is 14.8 Å². The normalized spacial score (nSPS) is 14.3. The third kappa shape index (κ3) is 5.56. The third-order valence-electron chi connectivity index (χ3n) is 11.3. The zero-order chi connectivity index (χ0) is 35.6. The van der Waals surface area contributed by atoms with E-state index in [9.17, 15) is 0 Å². The average Bonchev–Trinajstić information content (AvgIpc) is 3.13. The van der Waals surface area contributed by atoms with E-state index in [1.165, 1.54) is 66.1 Å². The first-order valence-electron chi connectivity index (χ1n) is 18.7. The van der Waals surface area contributed by atoms with Crippen molar-refractivity contribution >= 4 is 58.6 Å². The van der Waals surface area contributed by atoms with E-state index < -0.39 is 8.07 Å². The first-order chi connectivity index (χ1) is 24.5. The van der Waals surface area contributed by atoms with Gasteiger partial charge in [0.05, 0.1) is 0 Å². The fourth-order valence-electron chi connectivity index (χ4n) is 8.54. The number of ether oxygens (including phenoxy) is 1. The smallest absolute Gasteiger partial charge is 0.251 e. The highest BCUT2D eigenvalue weighted by Crippen LogP contribution is 2.39. The van der Waals surface area contributed by atoms with Crippen LogP contribution in [-0.2, 0) is 0 Å². The molecule has 8 rings (SSSR count). The average molecular weight is 682 g/mol. The molecule has 2 heterocycles. The number of fused-ring (bicyclic) bond motifs is 4. The minimum Gasteiger partial charge on any atom is -0.458 e. The maximum atomic E-state index is 6.77. The van der Waals surface area contributed by atoms with Crippen LogP contribution in [0.5, 0.6) is 11.5 Å². The summed E-state index contributed by atoms with van der Waals surface area (Å²) < 4.78 is 6.77. The third-order valence-corrected chi connectivity index (χ3v) is 14.9. The molecule has 2 nitrogen and oxygen atoms in total. The highest BCUT2D eigenvalue weighted by Gasteiger charge is 2.39. The van der Waals surface area contributed by atoms with Crippen LogP contribution in [0.4, 0.5) is 17.1 Å². The van der Waals surface area contributed by atoms with E-state index in [0.29, 0.717) is 17.8 Å². The molecule has 0 radical (unpaired) electrons. The second-order valence-electron chi connectivity index (χ2n) is 15.9. The summed E-state index contributed by atoms with van der Waals surface area (Å²) in [5.41, 5.74) is 14.4. The topological polar surface area (TPSA) is 12.5 Å². The standard InChI is InChI=1S/C47H48BNOSi/c1-30(2)35-27-37(31(3)4)47(38(28-35)32(5)6)48-39-15-9-12-18-43(39)50-44-29-34(23-26-40(44)48)33-21-24-36(25-22-33)49-41-16-10-13-19-45(41)51(7,8)46-20-14-11-17-42(46)49/h9-32H,1-8H3. The maximum absolute atomic E-state index is 6.77. The van der Waals surface area contributed by atoms with Crippen molar-refractivity contribution in [3.05, 3.63) is 144 Å². The molecule has 0 saturated heterocycles. The first-order valence-corrected chi connectivity index (χ1v) is 21.7. The zero-order valence-corrected chi connectivity index (χ0v) is 32.3. The molecule has 6 aromatic carbocycles. The maximum Gasteiger partial charge on any atom is 0.251 e.